The van der Waals surface area contributed by atoms with Crippen LogP contribution in [0.5, 0.6) is 0 Å². The topological polar surface area (TPSA) is 29.9 Å². The summed E-state index contributed by atoms with van der Waals surface area (Å²) in [7, 11) is 4.02. The zero-order chi connectivity index (χ0) is 12.7. The molecule has 1 aromatic rings. The average Bonchev–Trinajstić information content (AvgIpc) is 2.76. The van der Waals surface area contributed by atoms with E-state index in [0.717, 1.165) is 5.92 Å². The Hall–Kier alpha value is -0.830. The molecule has 0 radical (unpaired) electrons. The third-order valence-corrected chi connectivity index (χ3v) is 3.59. The minimum Gasteiger partial charge on any atom is -0.313 e. The van der Waals surface area contributed by atoms with E-state index in [0.29, 0.717) is 6.04 Å². The van der Waals surface area contributed by atoms with Gasteiger partial charge in [-0.1, -0.05) is 39.5 Å². The Morgan fingerprint density at radius 3 is 2.65 bits per heavy atom. The van der Waals surface area contributed by atoms with Crippen LogP contribution in [0.15, 0.2) is 12.4 Å². The van der Waals surface area contributed by atoms with Crippen LogP contribution in [0.3, 0.4) is 0 Å². The molecule has 0 saturated heterocycles. The number of aryl methyl sites for hydroxylation is 1. The molecular weight excluding hydrogens is 210 g/mol. The van der Waals surface area contributed by atoms with Crippen molar-refractivity contribution in [2.75, 3.05) is 7.05 Å². The Kier molecular flexibility index (Phi) is 6.27. The molecule has 0 aliphatic heterocycles. The fourth-order valence-electron chi connectivity index (χ4n) is 2.36. The lowest BCUT2D eigenvalue weighted by molar-refractivity contribution is 0.365. The molecule has 1 rings (SSSR count). The number of aromatic nitrogens is 2. The number of unbranched alkanes of at least 4 members (excludes halogenated alkanes) is 1. The first kappa shape index (κ1) is 14.2. The monoisotopic (exact) mass is 237 g/mol. The summed E-state index contributed by atoms with van der Waals surface area (Å²) in [5.74, 6) is 0.826. The molecule has 3 heteroatoms. The maximum absolute atomic E-state index is 4.26. The van der Waals surface area contributed by atoms with Crippen molar-refractivity contribution < 1.29 is 0 Å². The van der Waals surface area contributed by atoms with Gasteiger partial charge in [0.2, 0.25) is 0 Å². The van der Waals surface area contributed by atoms with E-state index < -0.39 is 0 Å². The van der Waals surface area contributed by atoms with Crippen LogP contribution in [0.25, 0.3) is 0 Å². The van der Waals surface area contributed by atoms with Crippen LogP contribution in [0, 0.1) is 5.92 Å². The van der Waals surface area contributed by atoms with Crippen molar-refractivity contribution >= 4 is 0 Å². The van der Waals surface area contributed by atoms with E-state index in [1.165, 1.54) is 37.7 Å². The number of nitrogens with zero attached hydrogens (tertiary/aromatic N) is 2. The maximum atomic E-state index is 4.26. The zero-order valence-electron chi connectivity index (χ0n) is 11.7. The second-order valence-electron chi connectivity index (χ2n) is 4.94. The highest BCUT2D eigenvalue weighted by Crippen LogP contribution is 2.26. The van der Waals surface area contributed by atoms with Gasteiger partial charge in [0.1, 0.15) is 0 Å². The van der Waals surface area contributed by atoms with Crippen molar-refractivity contribution in [1.29, 1.82) is 0 Å². The van der Waals surface area contributed by atoms with E-state index in [2.05, 4.69) is 30.5 Å². The summed E-state index contributed by atoms with van der Waals surface area (Å²) in [6, 6.07) is 0.450. The molecule has 0 spiro atoms. The van der Waals surface area contributed by atoms with Crippen molar-refractivity contribution in [3.8, 4) is 0 Å². The number of hydrogen-bond acceptors (Lipinski definition) is 2. The molecule has 0 fully saturated rings. The standard InChI is InChI=1S/C14H27N3/c1-5-7-8-12(6-2)9-14(15-3)13-10-16-17(4)11-13/h10-12,14-15H,5-9H2,1-4H3. The Morgan fingerprint density at radius 1 is 1.41 bits per heavy atom. The van der Waals surface area contributed by atoms with Gasteiger partial charge in [0.05, 0.1) is 6.20 Å². The van der Waals surface area contributed by atoms with Crippen LogP contribution in [-0.4, -0.2) is 16.8 Å². The summed E-state index contributed by atoms with van der Waals surface area (Å²) in [5.41, 5.74) is 1.31. The average molecular weight is 237 g/mol. The predicted molar refractivity (Wildman–Crippen MR) is 72.9 cm³/mol. The second kappa shape index (κ2) is 7.49. The van der Waals surface area contributed by atoms with Gasteiger partial charge in [-0.25, -0.2) is 0 Å². The Bertz CT molecular complexity index is 306. The molecular formula is C14H27N3. The van der Waals surface area contributed by atoms with Gasteiger partial charge in [-0.2, -0.15) is 5.10 Å². The molecule has 0 aliphatic carbocycles. The molecule has 3 nitrogen and oxygen atoms in total. The largest absolute Gasteiger partial charge is 0.313 e. The summed E-state index contributed by atoms with van der Waals surface area (Å²) in [6.07, 6.45) is 10.6. The third-order valence-electron chi connectivity index (χ3n) is 3.59. The summed E-state index contributed by atoms with van der Waals surface area (Å²) < 4.78 is 1.88. The molecule has 0 amide bonds. The van der Waals surface area contributed by atoms with Gasteiger partial charge < -0.3 is 5.32 Å². The molecule has 17 heavy (non-hydrogen) atoms. The van der Waals surface area contributed by atoms with Crippen LogP contribution < -0.4 is 5.32 Å². The van der Waals surface area contributed by atoms with Crippen LogP contribution in [0.4, 0.5) is 0 Å². The molecule has 0 aromatic carbocycles. The number of rotatable bonds is 8. The molecule has 0 aliphatic rings. The molecule has 0 saturated carbocycles. The molecule has 2 atom stereocenters. The van der Waals surface area contributed by atoms with E-state index >= 15 is 0 Å². The predicted octanol–water partition coefficient (Wildman–Crippen LogP) is 3.29. The highest BCUT2D eigenvalue weighted by atomic mass is 15.2. The van der Waals surface area contributed by atoms with Gasteiger partial charge in [-0.3, -0.25) is 4.68 Å². The van der Waals surface area contributed by atoms with Gasteiger partial charge in [-0.05, 0) is 19.4 Å². The molecule has 1 N–H and O–H groups in total. The molecule has 1 aromatic heterocycles. The third kappa shape index (κ3) is 4.50. The number of nitrogens with one attached hydrogen (secondary N) is 1. The van der Waals surface area contributed by atoms with Gasteiger partial charge in [0, 0.05) is 24.8 Å². The minimum atomic E-state index is 0.450. The molecule has 98 valence electrons. The van der Waals surface area contributed by atoms with Crippen LogP contribution in [-0.2, 0) is 7.05 Å². The summed E-state index contributed by atoms with van der Waals surface area (Å²) in [5, 5.41) is 7.68. The van der Waals surface area contributed by atoms with Crippen molar-refractivity contribution in [3.63, 3.8) is 0 Å². The summed E-state index contributed by atoms with van der Waals surface area (Å²) in [6.45, 7) is 4.57. The van der Waals surface area contributed by atoms with E-state index in [1.807, 2.05) is 25.0 Å². The molecule has 0 bridgehead atoms. The van der Waals surface area contributed by atoms with E-state index in [9.17, 15) is 0 Å². The van der Waals surface area contributed by atoms with E-state index in [1.54, 1.807) is 0 Å². The van der Waals surface area contributed by atoms with Gasteiger partial charge in [0.15, 0.2) is 0 Å². The van der Waals surface area contributed by atoms with Gasteiger partial charge in [-0.15, -0.1) is 0 Å². The zero-order valence-corrected chi connectivity index (χ0v) is 11.7. The summed E-state index contributed by atoms with van der Waals surface area (Å²) in [4.78, 5) is 0. The Balaban J connectivity index is 2.55. The fourth-order valence-corrected chi connectivity index (χ4v) is 2.36. The normalized spacial score (nSPS) is 14.8. The first-order valence-electron chi connectivity index (χ1n) is 6.87. The Labute approximate surface area is 106 Å². The van der Waals surface area contributed by atoms with E-state index in [-0.39, 0.29) is 0 Å². The maximum Gasteiger partial charge on any atom is 0.0537 e. The van der Waals surface area contributed by atoms with Crippen molar-refractivity contribution in [2.24, 2.45) is 13.0 Å². The van der Waals surface area contributed by atoms with E-state index in [4.69, 9.17) is 0 Å². The summed E-state index contributed by atoms with van der Waals surface area (Å²) >= 11 is 0. The Morgan fingerprint density at radius 2 is 2.18 bits per heavy atom. The van der Waals surface area contributed by atoms with Gasteiger partial charge >= 0.3 is 0 Å². The highest BCUT2D eigenvalue weighted by Gasteiger charge is 2.16. The second-order valence-corrected chi connectivity index (χ2v) is 4.94. The van der Waals surface area contributed by atoms with Crippen molar-refractivity contribution in [1.82, 2.24) is 15.1 Å². The van der Waals surface area contributed by atoms with Crippen LogP contribution >= 0.6 is 0 Å². The lowest BCUT2D eigenvalue weighted by Gasteiger charge is -2.21. The van der Waals surface area contributed by atoms with Crippen LogP contribution in [0.1, 0.15) is 57.6 Å². The lowest BCUT2D eigenvalue weighted by atomic mass is 9.90. The first-order chi connectivity index (χ1) is 8.21. The highest BCUT2D eigenvalue weighted by molar-refractivity contribution is 5.10. The number of hydrogen-bond donors (Lipinski definition) is 1. The minimum absolute atomic E-state index is 0.450. The molecule has 1 heterocycles. The van der Waals surface area contributed by atoms with Crippen LogP contribution in [0.2, 0.25) is 0 Å². The quantitative estimate of drug-likeness (QED) is 0.752. The lowest BCUT2D eigenvalue weighted by Crippen LogP contribution is -2.19. The SMILES string of the molecule is CCCCC(CC)CC(NC)c1cnn(C)c1. The molecule has 2 unspecified atom stereocenters. The van der Waals surface area contributed by atoms with Crippen molar-refractivity contribution in [3.05, 3.63) is 18.0 Å². The first-order valence-corrected chi connectivity index (χ1v) is 6.87. The fraction of sp³-hybridized carbons (Fsp3) is 0.786. The smallest absolute Gasteiger partial charge is 0.0537 e. The van der Waals surface area contributed by atoms with Crippen molar-refractivity contribution in [2.45, 2.75) is 52.0 Å². The van der Waals surface area contributed by atoms with Gasteiger partial charge in [0.25, 0.3) is 0 Å².